The van der Waals surface area contributed by atoms with Crippen molar-refractivity contribution in [2.45, 2.75) is 19.6 Å². The van der Waals surface area contributed by atoms with Gasteiger partial charge < -0.3 is 14.2 Å². The summed E-state index contributed by atoms with van der Waals surface area (Å²) in [6, 6.07) is 24.4. The maximum absolute atomic E-state index is 12.8. The number of methoxy groups -OCH3 is 1. The molecule has 0 amide bonds. The molecule has 0 saturated heterocycles. The lowest BCUT2D eigenvalue weighted by atomic mass is 10.1. The Morgan fingerprint density at radius 2 is 1.17 bits per heavy atom. The number of hydrogen-bond donors (Lipinski definition) is 0. The summed E-state index contributed by atoms with van der Waals surface area (Å²) in [7, 11) is 1.25. The number of ketones is 1. The zero-order valence-corrected chi connectivity index (χ0v) is 16.2. The van der Waals surface area contributed by atoms with Gasteiger partial charge in [-0.15, -0.1) is 0 Å². The quantitative estimate of drug-likeness (QED) is 0.304. The molecule has 148 valence electrons. The number of benzene rings is 3. The second-order valence-corrected chi connectivity index (χ2v) is 6.35. The van der Waals surface area contributed by atoms with Gasteiger partial charge in [0.1, 0.15) is 36.7 Å². The van der Waals surface area contributed by atoms with Gasteiger partial charge in [0, 0.05) is 0 Å². The Balaban J connectivity index is 1.85. The van der Waals surface area contributed by atoms with E-state index in [4.69, 9.17) is 9.47 Å². The Labute approximate surface area is 169 Å². The van der Waals surface area contributed by atoms with Crippen LogP contribution in [0.2, 0.25) is 0 Å². The van der Waals surface area contributed by atoms with Crippen molar-refractivity contribution < 1.29 is 23.8 Å². The molecular weight excluding hydrogens is 368 g/mol. The minimum atomic E-state index is -0.609. The lowest BCUT2D eigenvalue weighted by Gasteiger charge is -2.15. The van der Waals surface area contributed by atoms with Gasteiger partial charge in [0.15, 0.2) is 5.78 Å². The summed E-state index contributed by atoms with van der Waals surface area (Å²) in [6.07, 6.45) is -0.385. The maximum Gasteiger partial charge on any atom is 0.313 e. The topological polar surface area (TPSA) is 61.8 Å². The van der Waals surface area contributed by atoms with Gasteiger partial charge in [-0.2, -0.15) is 0 Å². The number of esters is 1. The average molecular weight is 390 g/mol. The van der Waals surface area contributed by atoms with Crippen LogP contribution in [0.15, 0.2) is 78.9 Å². The number of carbonyl (C=O) groups excluding carboxylic acids is 2. The van der Waals surface area contributed by atoms with Crippen molar-refractivity contribution >= 4 is 11.8 Å². The highest BCUT2D eigenvalue weighted by Gasteiger charge is 2.22. The van der Waals surface area contributed by atoms with Crippen LogP contribution < -0.4 is 9.47 Å². The number of ether oxygens (including phenoxy) is 3. The smallest absolute Gasteiger partial charge is 0.313 e. The first kappa shape index (κ1) is 20.1. The molecule has 0 aliphatic carbocycles. The molecule has 0 atom stereocenters. The number of hydrogen-bond acceptors (Lipinski definition) is 5. The maximum atomic E-state index is 12.8. The van der Waals surface area contributed by atoms with E-state index in [0.29, 0.717) is 24.7 Å². The third kappa shape index (κ3) is 5.69. The van der Waals surface area contributed by atoms with E-state index >= 15 is 0 Å². The first-order valence-corrected chi connectivity index (χ1v) is 9.24. The molecule has 29 heavy (non-hydrogen) atoms. The van der Waals surface area contributed by atoms with Crippen LogP contribution in [-0.2, 0) is 22.7 Å². The predicted molar refractivity (Wildman–Crippen MR) is 109 cm³/mol. The highest BCUT2D eigenvalue weighted by atomic mass is 16.5. The van der Waals surface area contributed by atoms with Crippen LogP contribution in [-0.4, -0.2) is 18.9 Å². The van der Waals surface area contributed by atoms with Crippen LogP contribution in [0.25, 0.3) is 0 Å². The summed E-state index contributed by atoms with van der Waals surface area (Å²) in [5.74, 6) is -0.285. The number of Topliss-reactive ketones (excluding diaryl/α,β-unsaturated/α-hetero) is 1. The van der Waals surface area contributed by atoms with Crippen molar-refractivity contribution in [3.63, 3.8) is 0 Å². The van der Waals surface area contributed by atoms with Crippen LogP contribution in [0.1, 0.15) is 27.9 Å². The summed E-state index contributed by atoms with van der Waals surface area (Å²) < 4.78 is 16.4. The van der Waals surface area contributed by atoms with Crippen molar-refractivity contribution in [2.24, 2.45) is 0 Å². The zero-order chi connectivity index (χ0) is 20.5. The predicted octanol–water partition coefficient (Wildman–Crippen LogP) is 4.59. The van der Waals surface area contributed by atoms with E-state index in [9.17, 15) is 9.59 Å². The Bertz CT molecular complexity index is 890. The highest BCUT2D eigenvalue weighted by molar-refractivity contribution is 6.09. The van der Waals surface area contributed by atoms with Gasteiger partial charge in [0.25, 0.3) is 0 Å². The van der Waals surface area contributed by atoms with E-state index in [2.05, 4.69) is 4.74 Å². The van der Waals surface area contributed by atoms with Gasteiger partial charge in [-0.1, -0.05) is 66.7 Å². The van der Waals surface area contributed by atoms with E-state index in [1.54, 1.807) is 18.2 Å². The third-order valence-corrected chi connectivity index (χ3v) is 4.27. The summed E-state index contributed by atoms with van der Waals surface area (Å²) in [5.41, 5.74) is 2.17. The molecule has 3 aromatic rings. The summed E-state index contributed by atoms with van der Waals surface area (Å²) in [5, 5.41) is 0. The van der Waals surface area contributed by atoms with Crippen LogP contribution in [0.5, 0.6) is 11.5 Å². The van der Waals surface area contributed by atoms with Crippen molar-refractivity contribution in [1.29, 1.82) is 0 Å². The van der Waals surface area contributed by atoms with Gasteiger partial charge in [-0.05, 0) is 23.3 Å². The minimum absolute atomic E-state index is 0.241. The van der Waals surface area contributed by atoms with E-state index in [-0.39, 0.29) is 12.0 Å². The molecule has 0 fully saturated rings. The van der Waals surface area contributed by atoms with Gasteiger partial charge >= 0.3 is 5.97 Å². The fraction of sp³-hybridized carbons (Fsp3) is 0.167. The molecule has 0 radical (unpaired) electrons. The monoisotopic (exact) mass is 390 g/mol. The first-order valence-electron chi connectivity index (χ1n) is 9.24. The molecule has 0 aliphatic rings. The van der Waals surface area contributed by atoms with E-state index in [0.717, 1.165) is 11.1 Å². The molecule has 0 aromatic heterocycles. The third-order valence-electron chi connectivity index (χ3n) is 4.27. The summed E-state index contributed by atoms with van der Waals surface area (Å²) in [4.78, 5) is 24.5. The van der Waals surface area contributed by atoms with Crippen molar-refractivity contribution in [3.8, 4) is 11.5 Å². The highest BCUT2D eigenvalue weighted by Crippen LogP contribution is 2.31. The molecule has 0 bridgehead atoms. The zero-order valence-electron chi connectivity index (χ0n) is 16.2. The van der Waals surface area contributed by atoms with Gasteiger partial charge in [0.05, 0.1) is 7.11 Å². The molecule has 0 spiro atoms. The molecule has 3 rings (SSSR count). The standard InChI is InChI=1S/C24H22O5/c1-27-23(26)15-20(25)24-21(28-16-18-9-4-2-5-10-18)13-8-14-22(24)29-17-19-11-6-3-7-12-19/h2-14H,15-17H2,1H3. The molecule has 0 heterocycles. The van der Waals surface area contributed by atoms with Crippen LogP contribution >= 0.6 is 0 Å². The van der Waals surface area contributed by atoms with Crippen LogP contribution in [0, 0.1) is 0 Å². The minimum Gasteiger partial charge on any atom is -0.488 e. The molecule has 3 aromatic carbocycles. The summed E-state index contributed by atoms with van der Waals surface area (Å²) >= 11 is 0. The Hall–Kier alpha value is -3.60. The van der Waals surface area contributed by atoms with Gasteiger partial charge in [-0.3, -0.25) is 9.59 Å². The Kier molecular flexibility index (Phi) is 7.00. The fourth-order valence-corrected chi connectivity index (χ4v) is 2.79. The lowest BCUT2D eigenvalue weighted by molar-refractivity contribution is -0.139. The SMILES string of the molecule is COC(=O)CC(=O)c1c(OCc2ccccc2)cccc1OCc1ccccc1. The normalized spacial score (nSPS) is 10.2. The van der Waals surface area contributed by atoms with E-state index < -0.39 is 11.8 Å². The van der Waals surface area contributed by atoms with E-state index in [1.807, 2.05) is 60.7 Å². The van der Waals surface area contributed by atoms with Gasteiger partial charge in [0.2, 0.25) is 0 Å². The molecule has 5 nitrogen and oxygen atoms in total. The van der Waals surface area contributed by atoms with Crippen LogP contribution in [0.4, 0.5) is 0 Å². The van der Waals surface area contributed by atoms with Crippen LogP contribution in [0.3, 0.4) is 0 Å². The fourth-order valence-electron chi connectivity index (χ4n) is 2.79. The first-order chi connectivity index (χ1) is 14.2. The second-order valence-electron chi connectivity index (χ2n) is 6.35. The lowest BCUT2D eigenvalue weighted by Crippen LogP contribution is -2.13. The second kappa shape index (κ2) is 10.1. The van der Waals surface area contributed by atoms with E-state index in [1.165, 1.54) is 7.11 Å². The molecular formula is C24H22O5. The number of carbonyl (C=O) groups is 2. The van der Waals surface area contributed by atoms with Gasteiger partial charge in [-0.25, -0.2) is 0 Å². The Morgan fingerprint density at radius 3 is 1.62 bits per heavy atom. The number of rotatable bonds is 9. The molecule has 0 N–H and O–H groups in total. The average Bonchev–Trinajstić information content (AvgIpc) is 2.77. The van der Waals surface area contributed by atoms with Crippen molar-refractivity contribution in [3.05, 3.63) is 95.6 Å². The molecule has 0 saturated carbocycles. The van der Waals surface area contributed by atoms with Crippen molar-refractivity contribution in [1.82, 2.24) is 0 Å². The molecule has 0 unspecified atom stereocenters. The summed E-state index contributed by atoms with van der Waals surface area (Å²) in [6.45, 7) is 0.586. The van der Waals surface area contributed by atoms with Crippen molar-refractivity contribution in [2.75, 3.05) is 7.11 Å². The Morgan fingerprint density at radius 1 is 0.690 bits per heavy atom. The molecule has 0 aliphatic heterocycles. The molecule has 5 heteroatoms. The largest absolute Gasteiger partial charge is 0.488 e.